The Morgan fingerprint density at radius 1 is 1.29 bits per heavy atom. The van der Waals surface area contributed by atoms with Crippen molar-refractivity contribution in [2.75, 3.05) is 26.2 Å². The largest absolute Gasteiger partial charge is 0.492 e. The molecular formula is C13H23N3O. The summed E-state index contributed by atoms with van der Waals surface area (Å²) in [5.41, 5.74) is 3.77. The average Bonchev–Trinajstić information content (AvgIpc) is 2.36. The van der Waals surface area contributed by atoms with Crippen molar-refractivity contribution in [1.82, 2.24) is 10.3 Å². The number of hydrazine groups is 1. The molecule has 0 heterocycles. The predicted molar refractivity (Wildman–Crippen MR) is 70.8 cm³/mol. The van der Waals surface area contributed by atoms with Crippen LogP contribution in [0.25, 0.3) is 0 Å². The molecule has 1 aromatic rings. The number of nitrogens with zero attached hydrogens (tertiary/aromatic N) is 1. The fraction of sp³-hybridized carbons (Fsp3) is 0.538. The third kappa shape index (κ3) is 5.17. The summed E-state index contributed by atoms with van der Waals surface area (Å²) >= 11 is 0. The van der Waals surface area contributed by atoms with Gasteiger partial charge in [0.25, 0.3) is 0 Å². The van der Waals surface area contributed by atoms with Crippen molar-refractivity contribution < 1.29 is 4.74 Å². The first-order chi connectivity index (χ1) is 8.30. The monoisotopic (exact) mass is 237 g/mol. The van der Waals surface area contributed by atoms with Crippen molar-refractivity contribution in [2.45, 2.75) is 20.4 Å². The van der Waals surface area contributed by atoms with E-state index in [0.29, 0.717) is 6.54 Å². The zero-order valence-electron chi connectivity index (χ0n) is 10.8. The van der Waals surface area contributed by atoms with Crippen LogP contribution in [-0.2, 0) is 6.54 Å². The average molecular weight is 237 g/mol. The van der Waals surface area contributed by atoms with Gasteiger partial charge in [-0.3, -0.25) is 11.3 Å². The van der Waals surface area contributed by atoms with E-state index in [1.165, 1.54) is 0 Å². The number of likely N-dealkylation sites (N-methyl/N-ethyl adjacent to an activating group) is 1. The van der Waals surface area contributed by atoms with E-state index in [1.54, 1.807) is 0 Å². The van der Waals surface area contributed by atoms with Gasteiger partial charge in [0.15, 0.2) is 0 Å². The molecule has 0 bridgehead atoms. The van der Waals surface area contributed by atoms with Crippen LogP contribution in [0.5, 0.6) is 5.75 Å². The van der Waals surface area contributed by atoms with E-state index in [2.05, 4.69) is 24.2 Å². The van der Waals surface area contributed by atoms with Gasteiger partial charge in [-0.15, -0.1) is 0 Å². The van der Waals surface area contributed by atoms with Gasteiger partial charge in [0.05, 0.1) is 0 Å². The molecule has 3 N–H and O–H groups in total. The highest BCUT2D eigenvalue weighted by molar-refractivity contribution is 5.28. The molecule has 0 aliphatic carbocycles. The molecule has 0 unspecified atom stereocenters. The van der Waals surface area contributed by atoms with Gasteiger partial charge in [0, 0.05) is 13.1 Å². The number of benzene rings is 1. The van der Waals surface area contributed by atoms with Crippen molar-refractivity contribution >= 4 is 0 Å². The fourth-order valence-electron chi connectivity index (χ4n) is 1.70. The van der Waals surface area contributed by atoms with Crippen LogP contribution in [0.15, 0.2) is 24.3 Å². The maximum atomic E-state index is 5.72. The Bertz CT molecular complexity index is 313. The van der Waals surface area contributed by atoms with Crippen molar-refractivity contribution in [2.24, 2.45) is 5.84 Å². The number of ether oxygens (including phenoxy) is 1. The molecule has 0 atom stereocenters. The quantitative estimate of drug-likeness (QED) is 0.529. The molecule has 0 amide bonds. The Morgan fingerprint density at radius 2 is 2.06 bits per heavy atom. The molecular weight excluding hydrogens is 214 g/mol. The SMILES string of the molecule is CCN(CC)CCOc1cccc(CNN)c1. The summed E-state index contributed by atoms with van der Waals surface area (Å²) in [6, 6.07) is 8.00. The number of nitrogens with one attached hydrogen (secondary N) is 1. The molecule has 0 spiro atoms. The number of hydrogen-bond donors (Lipinski definition) is 2. The Kier molecular flexibility index (Phi) is 6.62. The standard InChI is InChI=1S/C13H23N3O/c1-3-16(4-2)8-9-17-13-7-5-6-12(10-13)11-15-14/h5-7,10,15H,3-4,8-9,11,14H2,1-2H3. The smallest absolute Gasteiger partial charge is 0.119 e. The fourth-order valence-corrected chi connectivity index (χ4v) is 1.70. The minimum Gasteiger partial charge on any atom is -0.492 e. The van der Waals surface area contributed by atoms with Gasteiger partial charge in [-0.05, 0) is 30.8 Å². The van der Waals surface area contributed by atoms with Crippen LogP contribution in [0.3, 0.4) is 0 Å². The van der Waals surface area contributed by atoms with Crippen LogP contribution in [0.4, 0.5) is 0 Å². The highest BCUT2D eigenvalue weighted by Crippen LogP contribution is 2.12. The Labute approximate surface area is 104 Å². The first kappa shape index (κ1) is 14.0. The Balaban J connectivity index is 2.38. The summed E-state index contributed by atoms with van der Waals surface area (Å²) in [5, 5.41) is 0. The van der Waals surface area contributed by atoms with E-state index < -0.39 is 0 Å². The number of nitrogens with two attached hydrogens (primary N) is 1. The van der Waals surface area contributed by atoms with Gasteiger partial charge in [0.2, 0.25) is 0 Å². The Morgan fingerprint density at radius 3 is 2.71 bits per heavy atom. The Hall–Kier alpha value is -1.10. The van der Waals surface area contributed by atoms with Crippen molar-refractivity contribution in [3.05, 3.63) is 29.8 Å². The van der Waals surface area contributed by atoms with Gasteiger partial charge in [0.1, 0.15) is 12.4 Å². The van der Waals surface area contributed by atoms with Crippen LogP contribution in [0.1, 0.15) is 19.4 Å². The molecule has 1 aromatic carbocycles. The lowest BCUT2D eigenvalue weighted by Crippen LogP contribution is -2.27. The third-order valence-corrected chi connectivity index (χ3v) is 2.78. The van der Waals surface area contributed by atoms with Crippen molar-refractivity contribution in [3.8, 4) is 5.75 Å². The van der Waals surface area contributed by atoms with Crippen molar-refractivity contribution in [3.63, 3.8) is 0 Å². The molecule has 4 nitrogen and oxygen atoms in total. The normalized spacial score (nSPS) is 10.8. The zero-order chi connectivity index (χ0) is 12.5. The van der Waals surface area contributed by atoms with Crippen LogP contribution >= 0.6 is 0 Å². The van der Waals surface area contributed by atoms with Gasteiger partial charge in [-0.2, -0.15) is 0 Å². The predicted octanol–water partition coefficient (Wildman–Crippen LogP) is 1.37. The molecule has 4 heteroatoms. The first-order valence-electron chi connectivity index (χ1n) is 6.17. The molecule has 0 aliphatic heterocycles. The number of hydrogen-bond acceptors (Lipinski definition) is 4. The summed E-state index contributed by atoms with van der Waals surface area (Å²) in [4.78, 5) is 2.34. The van der Waals surface area contributed by atoms with Crippen LogP contribution in [0.2, 0.25) is 0 Å². The van der Waals surface area contributed by atoms with Crippen LogP contribution in [-0.4, -0.2) is 31.1 Å². The second-order valence-electron chi connectivity index (χ2n) is 3.90. The third-order valence-electron chi connectivity index (χ3n) is 2.78. The highest BCUT2D eigenvalue weighted by Gasteiger charge is 2.00. The maximum Gasteiger partial charge on any atom is 0.119 e. The van der Waals surface area contributed by atoms with E-state index in [9.17, 15) is 0 Å². The summed E-state index contributed by atoms with van der Waals surface area (Å²) < 4.78 is 5.72. The second-order valence-corrected chi connectivity index (χ2v) is 3.90. The van der Waals surface area contributed by atoms with Gasteiger partial charge in [-0.1, -0.05) is 26.0 Å². The molecule has 0 aliphatic rings. The molecule has 96 valence electrons. The summed E-state index contributed by atoms with van der Waals surface area (Å²) in [6.07, 6.45) is 0. The minimum atomic E-state index is 0.660. The van der Waals surface area contributed by atoms with Crippen LogP contribution < -0.4 is 16.0 Å². The lowest BCUT2D eigenvalue weighted by atomic mass is 10.2. The summed E-state index contributed by atoms with van der Waals surface area (Å²) in [5.74, 6) is 6.20. The molecule has 17 heavy (non-hydrogen) atoms. The van der Waals surface area contributed by atoms with Gasteiger partial charge >= 0.3 is 0 Å². The highest BCUT2D eigenvalue weighted by atomic mass is 16.5. The van der Waals surface area contributed by atoms with Gasteiger partial charge < -0.3 is 9.64 Å². The lowest BCUT2D eigenvalue weighted by molar-refractivity contribution is 0.222. The molecule has 0 saturated carbocycles. The molecule has 1 rings (SSSR count). The molecule has 0 fully saturated rings. The number of rotatable bonds is 8. The maximum absolute atomic E-state index is 5.72. The topological polar surface area (TPSA) is 50.5 Å². The zero-order valence-corrected chi connectivity index (χ0v) is 10.8. The van der Waals surface area contributed by atoms with E-state index in [1.807, 2.05) is 24.3 Å². The van der Waals surface area contributed by atoms with Crippen LogP contribution in [0, 0.1) is 0 Å². The summed E-state index contributed by atoms with van der Waals surface area (Å²) in [6.45, 7) is 8.81. The molecule has 0 saturated heterocycles. The van der Waals surface area contributed by atoms with Crippen molar-refractivity contribution in [1.29, 1.82) is 0 Å². The van der Waals surface area contributed by atoms with E-state index >= 15 is 0 Å². The summed E-state index contributed by atoms with van der Waals surface area (Å²) in [7, 11) is 0. The van der Waals surface area contributed by atoms with Gasteiger partial charge in [-0.25, -0.2) is 0 Å². The second kappa shape index (κ2) is 8.06. The van der Waals surface area contributed by atoms with E-state index in [0.717, 1.165) is 37.6 Å². The molecule has 0 aromatic heterocycles. The lowest BCUT2D eigenvalue weighted by Gasteiger charge is -2.18. The minimum absolute atomic E-state index is 0.660. The van der Waals surface area contributed by atoms with E-state index in [-0.39, 0.29) is 0 Å². The van der Waals surface area contributed by atoms with E-state index in [4.69, 9.17) is 10.6 Å². The molecule has 0 radical (unpaired) electrons. The first-order valence-corrected chi connectivity index (χ1v) is 6.17.